The molecule has 0 saturated carbocycles. The van der Waals surface area contributed by atoms with Crippen LogP contribution in [0, 0.1) is 13.8 Å². The third kappa shape index (κ3) is 3.95. The van der Waals surface area contributed by atoms with E-state index < -0.39 is 0 Å². The highest BCUT2D eigenvalue weighted by atomic mass is 32.1. The molecule has 3 aromatic rings. The standard InChI is InChI=1S/C21H23N3O2S/c1-14-19(27-15(2)23-14)21(25)24-10-6-9-17(13-24)20-22-12-18(26-20)11-16-7-4-3-5-8-16/h3-5,7-8,12,17H,6,9-11,13H2,1-2H3/t17-/m1/s1. The number of hydrogen-bond donors (Lipinski definition) is 0. The van der Waals surface area contributed by atoms with Crippen LogP contribution in [0.5, 0.6) is 0 Å². The van der Waals surface area contributed by atoms with E-state index in [4.69, 9.17) is 4.42 Å². The average molecular weight is 382 g/mol. The third-order valence-corrected chi connectivity index (χ3v) is 6.01. The summed E-state index contributed by atoms with van der Waals surface area (Å²) in [6, 6.07) is 10.2. The number of hydrogen-bond acceptors (Lipinski definition) is 5. The third-order valence-electron chi connectivity index (χ3n) is 4.95. The van der Waals surface area contributed by atoms with E-state index in [1.54, 1.807) is 0 Å². The van der Waals surface area contributed by atoms with Gasteiger partial charge in [-0.3, -0.25) is 4.79 Å². The summed E-state index contributed by atoms with van der Waals surface area (Å²) in [5.41, 5.74) is 2.03. The van der Waals surface area contributed by atoms with Gasteiger partial charge in [0.15, 0.2) is 5.89 Å². The molecule has 140 valence electrons. The minimum atomic E-state index is 0.0823. The topological polar surface area (TPSA) is 59.2 Å². The molecule has 1 amide bonds. The number of rotatable bonds is 4. The van der Waals surface area contributed by atoms with Crippen molar-refractivity contribution in [2.45, 2.75) is 39.0 Å². The van der Waals surface area contributed by atoms with Crippen LogP contribution in [0.1, 0.15) is 56.3 Å². The Bertz CT molecular complexity index is 932. The second kappa shape index (κ2) is 7.64. The van der Waals surface area contributed by atoms with E-state index in [1.807, 2.05) is 43.1 Å². The normalized spacial score (nSPS) is 17.3. The molecule has 4 rings (SSSR count). The van der Waals surface area contributed by atoms with E-state index in [0.29, 0.717) is 6.54 Å². The Morgan fingerprint density at radius 2 is 2.11 bits per heavy atom. The first kappa shape index (κ1) is 17.9. The van der Waals surface area contributed by atoms with Gasteiger partial charge in [0.05, 0.1) is 22.8 Å². The molecular weight excluding hydrogens is 358 g/mol. The Labute approximate surface area is 163 Å². The van der Waals surface area contributed by atoms with Gasteiger partial charge in [-0.1, -0.05) is 30.3 Å². The molecule has 6 heteroatoms. The first-order chi connectivity index (χ1) is 13.1. The Morgan fingerprint density at radius 1 is 1.30 bits per heavy atom. The fourth-order valence-corrected chi connectivity index (χ4v) is 4.51. The van der Waals surface area contributed by atoms with Crippen molar-refractivity contribution in [3.05, 3.63) is 69.3 Å². The van der Waals surface area contributed by atoms with Crippen LogP contribution < -0.4 is 0 Å². The number of carbonyl (C=O) groups excluding carboxylic acids is 1. The fourth-order valence-electron chi connectivity index (χ4n) is 3.63. The van der Waals surface area contributed by atoms with E-state index in [0.717, 1.165) is 53.0 Å². The smallest absolute Gasteiger partial charge is 0.265 e. The Kier molecular flexibility index (Phi) is 5.07. The van der Waals surface area contributed by atoms with E-state index in [1.165, 1.54) is 16.9 Å². The highest BCUT2D eigenvalue weighted by Gasteiger charge is 2.30. The number of amides is 1. The van der Waals surface area contributed by atoms with Gasteiger partial charge in [-0.15, -0.1) is 11.3 Å². The van der Waals surface area contributed by atoms with Crippen molar-refractivity contribution < 1.29 is 9.21 Å². The number of piperidine rings is 1. The van der Waals surface area contributed by atoms with Crippen molar-refractivity contribution >= 4 is 17.2 Å². The average Bonchev–Trinajstić information content (AvgIpc) is 3.28. The summed E-state index contributed by atoms with van der Waals surface area (Å²) < 4.78 is 6.03. The van der Waals surface area contributed by atoms with Gasteiger partial charge in [0, 0.05) is 19.5 Å². The van der Waals surface area contributed by atoms with Crippen molar-refractivity contribution in [2.24, 2.45) is 0 Å². The minimum absolute atomic E-state index is 0.0823. The zero-order valence-electron chi connectivity index (χ0n) is 15.6. The van der Waals surface area contributed by atoms with Gasteiger partial charge in [0.25, 0.3) is 5.91 Å². The molecule has 27 heavy (non-hydrogen) atoms. The fraction of sp³-hybridized carbons (Fsp3) is 0.381. The van der Waals surface area contributed by atoms with Crippen molar-refractivity contribution in [2.75, 3.05) is 13.1 Å². The van der Waals surface area contributed by atoms with Crippen LogP contribution in [0.4, 0.5) is 0 Å². The lowest BCUT2D eigenvalue weighted by molar-refractivity contribution is 0.0702. The van der Waals surface area contributed by atoms with Crippen LogP contribution in [-0.4, -0.2) is 33.9 Å². The SMILES string of the molecule is Cc1nc(C)c(C(=O)N2CCC[C@@H](c3ncc(Cc4ccccc4)o3)C2)s1. The van der Waals surface area contributed by atoms with E-state index in [2.05, 4.69) is 22.1 Å². The quantitative estimate of drug-likeness (QED) is 0.674. The maximum absolute atomic E-state index is 12.9. The molecule has 0 aliphatic carbocycles. The number of oxazole rings is 1. The summed E-state index contributed by atoms with van der Waals surface area (Å²) in [6.45, 7) is 5.28. The molecule has 0 spiro atoms. The lowest BCUT2D eigenvalue weighted by atomic mass is 9.98. The minimum Gasteiger partial charge on any atom is -0.445 e. The second-order valence-corrected chi connectivity index (χ2v) is 8.27. The number of aromatic nitrogens is 2. The highest BCUT2D eigenvalue weighted by Crippen LogP contribution is 2.29. The molecule has 1 atom stereocenters. The first-order valence-corrected chi connectivity index (χ1v) is 10.1. The van der Waals surface area contributed by atoms with Crippen LogP contribution in [0.2, 0.25) is 0 Å². The number of nitrogens with zero attached hydrogens (tertiary/aromatic N) is 3. The molecule has 0 unspecified atom stereocenters. The van der Waals surface area contributed by atoms with Gasteiger partial charge >= 0.3 is 0 Å². The van der Waals surface area contributed by atoms with Crippen molar-refractivity contribution in [1.29, 1.82) is 0 Å². The summed E-state index contributed by atoms with van der Waals surface area (Å²) in [4.78, 5) is 24.5. The summed E-state index contributed by atoms with van der Waals surface area (Å²) in [6.07, 6.45) is 4.52. The molecule has 0 radical (unpaired) electrons. The zero-order valence-corrected chi connectivity index (χ0v) is 16.5. The predicted molar refractivity (Wildman–Crippen MR) is 105 cm³/mol. The van der Waals surface area contributed by atoms with Gasteiger partial charge in [0.1, 0.15) is 10.6 Å². The summed E-state index contributed by atoms with van der Waals surface area (Å²) in [7, 11) is 0. The second-order valence-electron chi connectivity index (χ2n) is 7.06. The summed E-state index contributed by atoms with van der Waals surface area (Å²) >= 11 is 1.48. The van der Waals surface area contributed by atoms with Gasteiger partial charge in [-0.05, 0) is 32.3 Å². The first-order valence-electron chi connectivity index (χ1n) is 9.32. The molecule has 2 aromatic heterocycles. The summed E-state index contributed by atoms with van der Waals surface area (Å²) in [5, 5.41) is 0.933. The number of benzene rings is 1. The Hall–Kier alpha value is -2.47. The number of aryl methyl sites for hydroxylation is 2. The molecule has 1 aromatic carbocycles. The van der Waals surface area contributed by atoms with Crippen LogP contribution in [0.25, 0.3) is 0 Å². The largest absolute Gasteiger partial charge is 0.445 e. The lowest BCUT2D eigenvalue weighted by Gasteiger charge is -2.31. The van der Waals surface area contributed by atoms with Crippen LogP contribution >= 0.6 is 11.3 Å². The monoisotopic (exact) mass is 381 g/mol. The van der Waals surface area contributed by atoms with E-state index in [-0.39, 0.29) is 11.8 Å². The Balaban J connectivity index is 1.45. The molecule has 3 heterocycles. The highest BCUT2D eigenvalue weighted by molar-refractivity contribution is 7.13. The van der Waals surface area contributed by atoms with E-state index >= 15 is 0 Å². The maximum Gasteiger partial charge on any atom is 0.265 e. The molecule has 1 aliphatic heterocycles. The molecular formula is C21H23N3O2S. The maximum atomic E-state index is 12.9. The summed E-state index contributed by atoms with van der Waals surface area (Å²) in [5.74, 6) is 1.85. The van der Waals surface area contributed by atoms with Crippen LogP contribution in [0.3, 0.4) is 0 Å². The number of likely N-dealkylation sites (tertiary alicyclic amines) is 1. The van der Waals surface area contributed by atoms with Gasteiger partial charge < -0.3 is 9.32 Å². The number of thiazole rings is 1. The van der Waals surface area contributed by atoms with Gasteiger partial charge in [-0.2, -0.15) is 0 Å². The van der Waals surface area contributed by atoms with Crippen LogP contribution in [-0.2, 0) is 6.42 Å². The predicted octanol–water partition coefficient (Wildman–Crippen LogP) is 4.36. The molecule has 1 aliphatic rings. The molecule has 0 bridgehead atoms. The Morgan fingerprint density at radius 3 is 2.85 bits per heavy atom. The van der Waals surface area contributed by atoms with Crippen molar-refractivity contribution in [1.82, 2.24) is 14.9 Å². The number of carbonyl (C=O) groups is 1. The molecule has 1 fully saturated rings. The molecule has 5 nitrogen and oxygen atoms in total. The van der Waals surface area contributed by atoms with Gasteiger partial charge in [-0.25, -0.2) is 9.97 Å². The van der Waals surface area contributed by atoms with Crippen LogP contribution in [0.15, 0.2) is 40.9 Å². The van der Waals surface area contributed by atoms with Crippen molar-refractivity contribution in [3.63, 3.8) is 0 Å². The lowest BCUT2D eigenvalue weighted by Crippen LogP contribution is -2.39. The van der Waals surface area contributed by atoms with E-state index in [9.17, 15) is 4.79 Å². The van der Waals surface area contributed by atoms with Crippen molar-refractivity contribution in [3.8, 4) is 0 Å². The molecule has 1 saturated heterocycles. The zero-order chi connectivity index (χ0) is 18.8. The van der Waals surface area contributed by atoms with Gasteiger partial charge in [0.2, 0.25) is 0 Å². The molecule has 0 N–H and O–H groups in total.